The van der Waals surface area contributed by atoms with E-state index in [4.69, 9.17) is 10.2 Å². The minimum Gasteiger partial charge on any atom is -0.543 e. The van der Waals surface area contributed by atoms with Crippen molar-refractivity contribution in [3.05, 3.63) is 87.8 Å². The number of thioether (sulfide) groups is 2. The SMILES string of the molecule is Cc1nnc(SCC2=C(C(=O)[O-])N3C(=O)C(NC(=O)C(c4ccc(O)cc4)N(C(N)=O)c4cnc(Nc5ccc(N(C)C)cc5)[nH]c4=O)[C@H]3SC2)o1.[Na+]. The van der Waals surface area contributed by atoms with E-state index in [-0.39, 0.29) is 74.9 Å². The number of nitrogens with two attached hydrogens (primary N) is 1. The molecule has 0 saturated carbocycles. The number of carboxylic acids is 1. The van der Waals surface area contributed by atoms with E-state index in [1.807, 2.05) is 31.1 Å². The summed E-state index contributed by atoms with van der Waals surface area (Å²) in [7, 11) is 3.79. The summed E-state index contributed by atoms with van der Waals surface area (Å²) in [5.41, 5.74) is 6.32. The largest absolute Gasteiger partial charge is 1.00 e. The minimum absolute atomic E-state index is 0. The second-order valence-electron chi connectivity index (χ2n) is 11.7. The first-order valence-corrected chi connectivity index (χ1v) is 17.5. The molecule has 21 heteroatoms. The fraction of sp³-hybridized carbons (Fsp3) is 0.250. The molecule has 1 saturated heterocycles. The van der Waals surface area contributed by atoms with Gasteiger partial charge in [0.1, 0.15) is 28.9 Å². The number of carbonyl (C=O) groups is 4. The summed E-state index contributed by atoms with van der Waals surface area (Å²) >= 11 is 2.32. The van der Waals surface area contributed by atoms with Crippen molar-refractivity contribution in [2.45, 2.75) is 29.6 Å². The van der Waals surface area contributed by atoms with Crippen LogP contribution in [0.25, 0.3) is 0 Å². The van der Waals surface area contributed by atoms with Gasteiger partial charge in [-0.2, -0.15) is 0 Å². The Hall–Kier alpha value is -5.02. The van der Waals surface area contributed by atoms with Crippen LogP contribution in [0.5, 0.6) is 5.75 Å². The normalized spacial score (nSPS) is 16.8. The minimum atomic E-state index is -1.63. The molecule has 4 heterocycles. The second kappa shape index (κ2) is 16.3. The van der Waals surface area contributed by atoms with Crippen LogP contribution in [0.15, 0.2) is 80.4 Å². The Morgan fingerprint density at radius 2 is 1.85 bits per heavy atom. The molecule has 2 aliphatic rings. The van der Waals surface area contributed by atoms with Crippen LogP contribution in [-0.4, -0.2) is 91.0 Å². The number of benzene rings is 2. The number of carbonyl (C=O) groups excluding carboxylic acids is 4. The number of phenols is 1. The quantitative estimate of drug-likeness (QED) is 0.0582. The number of hydrogen-bond acceptors (Lipinski definition) is 15. The summed E-state index contributed by atoms with van der Waals surface area (Å²) in [6.07, 6.45) is 1.07. The Balaban J connectivity index is 0.00000541. The zero-order chi connectivity index (χ0) is 37.3. The van der Waals surface area contributed by atoms with E-state index < -0.39 is 46.8 Å². The van der Waals surface area contributed by atoms with Gasteiger partial charge in [0.2, 0.25) is 17.7 Å². The average Bonchev–Trinajstić information content (AvgIpc) is 3.53. The predicted octanol–water partition coefficient (Wildman–Crippen LogP) is -2.20. The molecular formula is C32H31N10NaO8S2. The Morgan fingerprint density at radius 1 is 1.15 bits per heavy atom. The van der Waals surface area contributed by atoms with Crippen LogP contribution in [-0.2, 0) is 14.4 Å². The van der Waals surface area contributed by atoms with Crippen LogP contribution < -0.4 is 66.4 Å². The van der Waals surface area contributed by atoms with Crippen LogP contribution >= 0.6 is 23.5 Å². The van der Waals surface area contributed by atoms with Crippen LogP contribution in [0.1, 0.15) is 17.5 Å². The van der Waals surface area contributed by atoms with Crippen molar-refractivity contribution in [2.75, 3.05) is 40.7 Å². The van der Waals surface area contributed by atoms with Gasteiger partial charge >= 0.3 is 35.6 Å². The molecule has 6 N–H and O–H groups in total. The number of nitrogens with one attached hydrogen (secondary N) is 3. The number of rotatable bonds is 12. The monoisotopic (exact) mass is 770 g/mol. The van der Waals surface area contributed by atoms with Gasteiger partial charge < -0.3 is 40.7 Å². The Kier molecular flexibility index (Phi) is 12.1. The first kappa shape index (κ1) is 39.2. The molecule has 3 atom stereocenters. The van der Waals surface area contributed by atoms with E-state index in [9.17, 15) is 34.2 Å². The standard InChI is InChI=1S/C32H32N10O8S2.Na/c1-15-38-39-32(50-15)52-14-17-13-51-28-22(27(46)42(28)24(17)29(47)48)36-26(45)23(16-4-10-20(43)11-5-16)41(30(33)49)21-12-34-31(37-25(21)44)35-18-6-8-19(9-7-18)40(2)3;/h4-12,22-23,28,43H,13-14H2,1-3H3,(H2,33,49)(H,36,45)(H,47,48)(H2,34,35,37,44);/q;+1/p-1/t22?,23?,28-;/m1./s1. The summed E-state index contributed by atoms with van der Waals surface area (Å²) in [5, 5.41) is 34.8. The molecule has 18 nitrogen and oxygen atoms in total. The molecule has 6 rings (SSSR count). The van der Waals surface area contributed by atoms with E-state index in [2.05, 4.69) is 30.8 Å². The molecule has 0 aliphatic carbocycles. The van der Waals surface area contributed by atoms with Gasteiger partial charge in [0.25, 0.3) is 16.7 Å². The van der Waals surface area contributed by atoms with E-state index in [0.29, 0.717) is 17.2 Å². The summed E-state index contributed by atoms with van der Waals surface area (Å²) in [5.74, 6) is -2.68. The van der Waals surface area contributed by atoms with Crippen LogP contribution in [0, 0.1) is 6.92 Å². The molecule has 1 fully saturated rings. The van der Waals surface area contributed by atoms with Crippen molar-refractivity contribution in [1.29, 1.82) is 0 Å². The Labute approximate surface area is 331 Å². The first-order chi connectivity index (χ1) is 24.8. The van der Waals surface area contributed by atoms with Gasteiger partial charge in [0.15, 0.2) is 0 Å². The number of urea groups is 1. The van der Waals surface area contributed by atoms with Crippen LogP contribution in [0.3, 0.4) is 0 Å². The fourth-order valence-corrected chi connectivity index (χ4v) is 7.85. The Morgan fingerprint density at radius 3 is 2.43 bits per heavy atom. The molecule has 0 bridgehead atoms. The van der Waals surface area contributed by atoms with E-state index >= 15 is 0 Å². The molecule has 270 valence electrons. The van der Waals surface area contributed by atoms with E-state index in [1.54, 1.807) is 19.1 Å². The maximum Gasteiger partial charge on any atom is 1.00 e. The van der Waals surface area contributed by atoms with Gasteiger partial charge in [-0.1, -0.05) is 23.9 Å². The van der Waals surface area contributed by atoms with Crippen molar-refractivity contribution in [2.24, 2.45) is 5.73 Å². The number of aromatic amines is 1. The number of aromatic nitrogens is 4. The molecule has 4 aromatic rings. The molecule has 2 unspecified atom stereocenters. The summed E-state index contributed by atoms with van der Waals surface area (Å²) in [4.78, 5) is 76.7. The van der Waals surface area contributed by atoms with Crippen molar-refractivity contribution >= 4 is 70.3 Å². The van der Waals surface area contributed by atoms with Gasteiger partial charge in [-0.05, 0) is 47.5 Å². The smallest absolute Gasteiger partial charge is 0.543 e. The fourth-order valence-electron chi connectivity index (χ4n) is 5.56. The third-order valence-electron chi connectivity index (χ3n) is 8.06. The second-order valence-corrected chi connectivity index (χ2v) is 13.8. The van der Waals surface area contributed by atoms with Gasteiger partial charge in [-0.15, -0.1) is 22.0 Å². The summed E-state index contributed by atoms with van der Waals surface area (Å²) in [6, 6.07) is 8.46. The van der Waals surface area contributed by atoms with Gasteiger partial charge in [0, 0.05) is 43.9 Å². The third kappa shape index (κ3) is 8.31. The number of H-pyrrole nitrogens is 1. The molecule has 2 aromatic carbocycles. The third-order valence-corrected chi connectivity index (χ3v) is 10.3. The number of primary amides is 1. The number of carboxylic acid groups (broad SMARTS) is 1. The van der Waals surface area contributed by atoms with Crippen molar-refractivity contribution in [1.82, 2.24) is 30.4 Å². The number of aliphatic carboxylic acids is 1. The zero-order valence-electron chi connectivity index (χ0n) is 28.7. The number of amides is 4. The van der Waals surface area contributed by atoms with Gasteiger partial charge in [-0.25, -0.2) is 9.78 Å². The van der Waals surface area contributed by atoms with Crippen LogP contribution in [0.4, 0.5) is 27.8 Å². The molecule has 2 aromatic heterocycles. The number of aromatic hydroxyl groups is 1. The number of fused-ring (bicyclic) bond motifs is 1. The molecule has 0 radical (unpaired) electrons. The molecule has 53 heavy (non-hydrogen) atoms. The van der Waals surface area contributed by atoms with E-state index in [1.165, 1.54) is 36.0 Å². The first-order valence-electron chi connectivity index (χ1n) is 15.4. The number of anilines is 4. The van der Waals surface area contributed by atoms with Crippen molar-refractivity contribution in [3.63, 3.8) is 0 Å². The molecule has 4 amide bonds. The Bertz CT molecular complexity index is 2130. The number of β-lactam (4-membered cyclic amide) rings is 1. The predicted molar refractivity (Wildman–Crippen MR) is 189 cm³/mol. The van der Waals surface area contributed by atoms with Crippen molar-refractivity contribution < 1.29 is 63.4 Å². The summed E-state index contributed by atoms with van der Waals surface area (Å²) < 4.78 is 5.33. The average molecular weight is 771 g/mol. The number of nitrogens with zero attached hydrogens (tertiary/aromatic N) is 6. The molecule has 0 spiro atoms. The van der Waals surface area contributed by atoms with Gasteiger partial charge in [-0.3, -0.25) is 29.2 Å². The van der Waals surface area contributed by atoms with Crippen molar-refractivity contribution in [3.8, 4) is 5.75 Å². The summed E-state index contributed by atoms with van der Waals surface area (Å²) in [6.45, 7) is 1.61. The number of hydrogen-bond donors (Lipinski definition) is 5. The molecule has 2 aliphatic heterocycles. The van der Waals surface area contributed by atoms with Crippen LogP contribution in [0.2, 0.25) is 0 Å². The van der Waals surface area contributed by atoms with Gasteiger partial charge in [0.05, 0.1) is 17.9 Å². The zero-order valence-corrected chi connectivity index (χ0v) is 32.4. The molecular weight excluding hydrogens is 740 g/mol. The van der Waals surface area contributed by atoms with E-state index in [0.717, 1.165) is 33.4 Å². The maximum absolute atomic E-state index is 14.1. The topological polar surface area (TPSA) is 256 Å². The maximum atomic E-state index is 14.1. The number of aryl methyl sites for hydroxylation is 1. The number of phenolic OH excluding ortho intramolecular Hbond substituents is 1.